The highest BCUT2D eigenvalue weighted by Crippen LogP contribution is 2.34. The van der Waals surface area contributed by atoms with Crippen LogP contribution >= 0.6 is 0 Å². The second kappa shape index (κ2) is 6.72. The molecule has 0 spiro atoms. The zero-order valence-electron chi connectivity index (χ0n) is 11.2. The zero-order valence-corrected chi connectivity index (χ0v) is 11.2. The van der Waals surface area contributed by atoms with E-state index in [2.05, 4.69) is 19.0 Å². The van der Waals surface area contributed by atoms with Crippen LogP contribution in [-0.2, 0) is 6.42 Å². The lowest BCUT2D eigenvalue weighted by atomic mass is 9.85. The Morgan fingerprint density at radius 1 is 1.19 bits per heavy atom. The van der Waals surface area contributed by atoms with E-state index in [1.54, 1.807) is 0 Å². The van der Waals surface area contributed by atoms with Crippen molar-refractivity contribution < 1.29 is 4.52 Å². The fraction of sp³-hybridized carbons (Fsp3) is 0.786. The molecule has 0 saturated heterocycles. The largest absolute Gasteiger partial charge is 0.361 e. The molecule has 1 aliphatic carbocycles. The van der Waals surface area contributed by atoms with Gasteiger partial charge in [0, 0.05) is 17.9 Å². The van der Waals surface area contributed by atoms with Crippen molar-refractivity contribution in [1.29, 1.82) is 0 Å². The third kappa shape index (κ3) is 2.87. The van der Waals surface area contributed by atoms with Crippen LogP contribution in [0.1, 0.15) is 75.8 Å². The zero-order chi connectivity index (χ0) is 12.0. The van der Waals surface area contributed by atoms with Gasteiger partial charge in [0.15, 0.2) is 0 Å². The molecule has 1 fully saturated rings. The van der Waals surface area contributed by atoms with E-state index < -0.39 is 0 Å². The standard InChI is InChI=1S/C12H19NO.C2H6/c1-3-11-9(2)12(13-14-11)10-7-5-4-6-8-10;1-2/h10H,3-8H2,1-2H3;1-2H3. The Bertz CT molecular complexity index is 298. The van der Waals surface area contributed by atoms with Gasteiger partial charge in [-0.25, -0.2) is 0 Å². The monoisotopic (exact) mass is 223 g/mol. The van der Waals surface area contributed by atoms with Gasteiger partial charge in [-0.2, -0.15) is 0 Å². The molecule has 1 aromatic heterocycles. The van der Waals surface area contributed by atoms with Gasteiger partial charge in [-0.05, 0) is 19.8 Å². The quantitative estimate of drug-likeness (QED) is 0.731. The molecular formula is C14H25NO. The van der Waals surface area contributed by atoms with Gasteiger partial charge in [0.1, 0.15) is 5.76 Å². The van der Waals surface area contributed by atoms with Crippen molar-refractivity contribution in [2.75, 3.05) is 0 Å². The maximum Gasteiger partial charge on any atom is 0.139 e. The van der Waals surface area contributed by atoms with Crippen LogP contribution in [-0.4, -0.2) is 5.16 Å². The van der Waals surface area contributed by atoms with E-state index in [-0.39, 0.29) is 0 Å². The number of nitrogens with zero attached hydrogens (tertiary/aromatic N) is 1. The van der Waals surface area contributed by atoms with E-state index in [1.807, 2.05) is 13.8 Å². The molecule has 92 valence electrons. The topological polar surface area (TPSA) is 26.0 Å². The maximum absolute atomic E-state index is 5.35. The first-order valence-electron chi connectivity index (χ1n) is 6.78. The summed E-state index contributed by atoms with van der Waals surface area (Å²) in [5.74, 6) is 1.75. The van der Waals surface area contributed by atoms with Crippen LogP contribution < -0.4 is 0 Å². The molecule has 0 amide bonds. The molecule has 1 aliphatic rings. The second-order valence-corrected chi connectivity index (χ2v) is 4.30. The molecule has 2 nitrogen and oxygen atoms in total. The van der Waals surface area contributed by atoms with Crippen LogP contribution in [0.25, 0.3) is 0 Å². The van der Waals surface area contributed by atoms with Crippen molar-refractivity contribution in [3.05, 3.63) is 17.0 Å². The molecular weight excluding hydrogens is 198 g/mol. The summed E-state index contributed by atoms with van der Waals surface area (Å²) in [5.41, 5.74) is 2.54. The van der Waals surface area contributed by atoms with E-state index in [0.29, 0.717) is 5.92 Å². The summed E-state index contributed by atoms with van der Waals surface area (Å²) >= 11 is 0. The highest BCUT2D eigenvalue weighted by molar-refractivity contribution is 5.24. The van der Waals surface area contributed by atoms with E-state index in [4.69, 9.17) is 4.52 Å². The maximum atomic E-state index is 5.35. The third-order valence-corrected chi connectivity index (χ3v) is 3.37. The summed E-state index contributed by atoms with van der Waals surface area (Å²) < 4.78 is 5.35. The Hall–Kier alpha value is -0.790. The van der Waals surface area contributed by atoms with Crippen LogP contribution in [0.15, 0.2) is 4.52 Å². The molecule has 2 rings (SSSR count). The average molecular weight is 223 g/mol. The molecule has 0 aliphatic heterocycles. The highest BCUT2D eigenvalue weighted by Gasteiger charge is 2.22. The summed E-state index contributed by atoms with van der Waals surface area (Å²) in [4.78, 5) is 0. The van der Waals surface area contributed by atoms with Crippen molar-refractivity contribution in [1.82, 2.24) is 5.16 Å². The Labute approximate surface area is 99.4 Å². The molecule has 1 saturated carbocycles. The smallest absolute Gasteiger partial charge is 0.139 e. The summed E-state index contributed by atoms with van der Waals surface area (Å²) in [7, 11) is 0. The Balaban J connectivity index is 0.000000606. The lowest BCUT2D eigenvalue weighted by molar-refractivity contribution is 0.360. The number of hydrogen-bond donors (Lipinski definition) is 0. The van der Waals surface area contributed by atoms with E-state index in [9.17, 15) is 0 Å². The first-order chi connectivity index (χ1) is 7.83. The van der Waals surface area contributed by atoms with Gasteiger partial charge in [-0.15, -0.1) is 0 Å². The van der Waals surface area contributed by atoms with Crippen LogP contribution in [0, 0.1) is 6.92 Å². The molecule has 16 heavy (non-hydrogen) atoms. The molecule has 2 heteroatoms. The number of aryl methyl sites for hydroxylation is 1. The van der Waals surface area contributed by atoms with Crippen molar-refractivity contribution in [2.45, 2.75) is 72.1 Å². The summed E-state index contributed by atoms with van der Waals surface area (Å²) in [6.07, 6.45) is 7.68. The van der Waals surface area contributed by atoms with Crippen molar-refractivity contribution in [2.24, 2.45) is 0 Å². The molecule has 0 bridgehead atoms. The Morgan fingerprint density at radius 2 is 1.81 bits per heavy atom. The lowest BCUT2D eigenvalue weighted by Gasteiger charge is -2.19. The summed E-state index contributed by atoms with van der Waals surface area (Å²) in [6.45, 7) is 8.28. The van der Waals surface area contributed by atoms with Crippen LogP contribution in [0.2, 0.25) is 0 Å². The van der Waals surface area contributed by atoms with Crippen molar-refractivity contribution >= 4 is 0 Å². The fourth-order valence-corrected chi connectivity index (χ4v) is 2.47. The molecule has 0 atom stereocenters. The average Bonchev–Trinajstić information content (AvgIpc) is 2.74. The van der Waals surface area contributed by atoms with E-state index in [0.717, 1.165) is 12.2 Å². The van der Waals surface area contributed by atoms with Crippen LogP contribution in [0.4, 0.5) is 0 Å². The third-order valence-electron chi connectivity index (χ3n) is 3.37. The fourth-order valence-electron chi connectivity index (χ4n) is 2.47. The first kappa shape index (κ1) is 13.3. The van der Waals surface area contributed by atoms with E-state index >= 15 is 0 Å². The van der Waals surface area contributed by atoms with Crippen LogP contribution in [0.3, 0.4) is 0 Å². The number of rotatable bonds is 2. The minimum absolute atomic E-state index is 0.674. The minimum Gasteiger partial charge on any atom is -0.361 e. The second-order valence-electron chi connectivity index (χ2n) is 4.30. The highest BCUT2D eigenvalue weighted by atomic mass is 16.5. The molecule has 0 N–H and O–H groups in total. The van der Waals surface area contributed by atoms with Gasteiger partial charge in [0.2, 0.25) is 0 Å². The van der Waals surface area contributed by atoms with Gasteiger partial charge in [-0.1, -0.05) is 45.2 Å². The number of hydrogen-bond acceptors (Lipinski definition) is 2. The van der Waals surface area contributed by atoms with Gasteiger partial charge in [-0.3, -0.25) is 0 Å². The minimum atomic E-state index is 0.674. The normalized spacial score (nSPS) is 16.8. The molecule has 1 aromatic rings. The predicted octanol–water partition coefficient (Wildman–Crippen LogP) is 4.62. The summed E-state index contributed by atoms with van der Waals surface area (Å²) in [6, 6.07) is 0. The Kier molecular flexibility index (Phi) is 5.58. The Morgan fingerprint density at radius 3 is 2.31 bits per heavy atom. The molecule has 0 aromatic carbocycles. The molecule has 0 radical (unpaired) electrons. The molecule has 1 heterocycles. The van der Waals surface area contributed by atoms with Crippen molar-refractivity contribution in [3.63, 3.8) is 0 Å². The predicted molar refractivity (Wildman–Crippen MR) is 67.8 cm³/mol. The molecule has 0 unspecified atom stereocenters. The first-order valence-corrected chi connectivity index (χ1v) is 6.78. The van der Waals surface area contributed by atoms with Gasteiger partial charge in [0.05, 0.1) is 5.69 Å². The van der Waals surface area contributed by atoms with Gasteiger partial charge in [0.25, 0.3) is 0 Å². The van der Waals surface area contributed by atoms with Gasteiger partial charge >= 0.3 is 0 Å². The summed E-state index contributed by atoms with van der Waals surface area (Å²) in [5, 5.41) is 4.24. The van der Waals surface area contributed by atoms with Crippen molar-refractivity contribution in [3.8, 4) is 0 Å². The SMILES string of the molecule is CC.CCc1onc(C2CCCCC2)c1C. The lowest BCUT2D eigenvalue weighted by Crippen LogP contribution is -2.06. The van der Waals surface area contributed by atoms with E-state index in [1.165, 1.54) is 43.4 Å². The number of aromatic nitrogens is 1. The van der Waals surface area contributed by atoms with Gasteiger partial charge < -0.3 is 4.52 Å². The van der Waals surface area contributed by atoms with Crippen LogP contribution in [0.5, 0.6) is 0 Å².